The van der Waals surface area contributed by atoms with Gasteiger partial charge in [-0.25, -0.2) is 5.01 Å². The van der Waals surface area contributed by atoms with E-state index in [2.05, 4.69) is 0 Å². The van der Waals surface area contributed by atoms with E-state index in [9.17, 15) is 10.1 Å². The summed E-state index contributed by atoms with van der Waals surface area (Å²) in [6, 6.07) is 20.4. The number of nitrogens with zero attached hydrogens (tertiary/aromatic N) is 3. The molecule has 0 aromatic heterocycles. The second-order valence-corrected chi connectivity index (χ2v) is 7.99. The third-order valence-electron chi connectivity index (χ3n) is 5.65. The van der Waals surface area contributed by atoms with E-state index in [1.807, 2.05) is 60.5 Å². The van der Waals surface area contributed by atoms with Crippen LogP contribution in [0.15, 0.2) is 71.8 Å². The molecule has 0 radical (unpaired) electrons. The fraction of sp³-hybridized carbons (Fsp3) is 0.208. The van der Waals surface area contributed by atoms with Crippen molar-refractivity contribution in [3.05, 3.63) is 98.6 Å². The zero-order valence-corrected chi connectivity index (χ0v) is 18.0. The highest BCUT2D eigenvalue weighted by Gasteiger charge is 2.41. The molecule has 0 fully saturated rings. The molecule has 2 aliphatic heterocycles. The molecule has 0 bridgehead atoms. The van der Waals surface area contributed by atoms with Crippen LogP contribution >= 0.6 is 11.6 Å². The van der Waals surface area contributed by atoms with Gasteiger partial charge in [-0.05, 0) is 48.9 Å². The van der Waals surface area contributed by atoms with Gasteiger partial charge in [0.25, 0.3) is 5.69 Å². The number of para-hydroxylation sites is 1. The molecule has 2 heterocycles. The van der Waals surface area contributed by atoms with E-state index in [0.717, 1.165) is 28.3 Å². The molecule has 8 heteroatoms. The summed E-state index contributed by atoms with van der Waals surface area (Å²) in [4.78, 5) is 10.9. The van der Waals surface area contributed by atoms with Gasteiger partial charge in [0.2, 0.25) is 6.23 Å². The third kappa shape index (κ3) is 3.54. The quantitative estimate of drug-likeness (QED) is 0.358. The smallest absolute Gasteiger partial charge is 0.288 e. The number of hydrogen-bond donors (Lipinski definition) is 0. The van der Waals surface area contributed by atoms with Gasteiger partial charge in [0.15, 0.2) is 0 Å². The zero-order chi connectivity index (χ0) is 22.2. The second kappa shape index (κ2) is 8.16. The zero-order valence-electron chi connectivity index (χ0n) is 17.3. The van der Waals surface area contributed by atoms with Gasteiger partial charge in [-0.15, -0.1) is 0 Å². The number of halogens is 1. The highest BCUT2D eigenvalue weighted by Crippen LogP contribution is 2.48. The topological polar surface area (TPSA) is 77.2 Å². The van der Waals surface area contributed by atoms with E-state index in [1.54, 1.807) is 6.07 Å². The van der Waals surface area contributed by atoms with Gasteiger partial charge in [0.1, 0.15) is 16.5 Å². The van der Waals surface area contributed by atoms with Crippen LogP contribution in [-0.2, 0) is 0 Å². The van der Waals surface area contributed by atoms with Crippen molar-refractivity contribution in [1.29, 1.82) is 0 Å². The van der Waals surface area contributed by atoms with Gasteiger partial charge in [0, 0.05) is 23.6 Å². The van der Waals surface area contributed by atoms with E-state index in [1.165, 1.54) is 12.1 Å². The third-order valence-corrected chi connectivity index (χ3v) is 5.97. The fourth-order valence-corrected chi connectivity index (χ4v) is 4.35. The first-order valence-electron chi connectivity index (χ1n) is 10.3. The Kier molecular flexibility index (Phi) is 5.19. The van der Waals surface area contributed by atoms with Crippen molar-refractivity contribution in [2.75, 3.05) is 6.61 Å². The Balaban J connectivity index is 1.55. The number of benzene rings is 3. The van der Waals surface area contributed by atoms with Crippen molar-refractivity contribution in [2.24, 2.45) is 5.10 Å². The first kappa shape index (κ1) is 20.3. The van der Waals surface area contributed by atoms with Gasteiger partial charge in [-0.3, -0.25) is 10.1 Å². The molecule has 32 heavy (non-hydrogen) atoms. The summed E-state index contributed by atoms with van der Waals surface area (Å²) in [6.07, 6.45) is 0.0895. The maximum absolute atomic E-state index is 11.4. The van der Waals surface area contributed by atoms with E-state index < -0.39 is 11.2 Å². The van der Waals surface area contributed by atoms with Crippen molar-refractivity contribution in [2.45, 2.75) is 25.6 Å². The van der Waals surface area contributed by atoms with Gasteiger partial charge in [0.05, 0.1) is 23.3 Å². The Morgan fingerprint density at radius 3 is 2.72 bits per heavy atom. The van der Waals surface area contributed by atoms with Crippen molar-refractivity contribution < 1.29 is 14.4 Å². The summed E-state index contributed by atoms with van der Waals surface area (Å²) in [7, 11) is 0. The van der Waals surface area contributed by atoms with E-state index >= 15 is 0 Å². The maximum Gasteiger partial charge on any atom is 0.288 e. The molecular formula is C24H20ClN3O4. The lowest BCUT2D eigenvalue weighted by Gasteiger charge is -2.38. The molecule has 0 spiro atoms. The number of hydrazone groups is 1. The summed E-state index contributed by atoms with van der Waals surface area (Å²) >= 11 is 6.03. The van der Waals surface area contributed by atoms with E-state index in [0.29, 0.717) is 18.6 Å². The summed E-state index contributed by atoms with van der Waals surface area (Å²) < 4.78 is 11.8. The standard InChI is InChI=1S/C24H20ClN3O4/c1-2-31-17-10-7-15(8-11-17)20-14-21-18-5-3-4-6-23(18)32-24(27(21)26-20)16-9-12-19(25)22(13-16)28(29)30/h3-13,21,24H,2,14H2,1H3. The molecule has 7 nitrogen and oxygen atoms in total. The SMILES string of the molecule is CCOc1ccc(C2=NN3C(C2)c2ccccc2OC3c2ccc(Cl)c([N+](=O)[O-])c2)cc1. The summed E-state index contributed by atoms with van der Waals surface area (Å²) in [6.45, 7) is 2.56. The van der Waals surface area contributed by atoms with Crippen LogP contribution in [-0.4, -0.2) is 22.3 Å². The predicted octanol–water partition coefficient (Wildman–Crippen LogP) is 5.89. The van der Waals surface area contributed by atoms with Crippen molar-refractivity contribution in [1.82, 2.24) is 5.01 Å². The average molecular weight is 450 g/mol. The highest BCUT2D eigenvalue weighted by atomic mass is 35.5. The Bertz CT molecular complexity index is 1210. The average Bonchev–Trinajstić information content (AvgIpc) is 3.25. The largest absolute Gasteiger partial charge is 0.494 e. The molecule has 5 rings (SSSR count). The molecule has 0 N–H and O–H groups in total. The Morgan fingerprint density at radius 2 is 1.97 bits per heavy atom. The number of rotatable bonds is 5. The minimum atomic E-state index is -0.605. The molecule has 2 aliphatic rings. The van der Waals surface area contributed by atoms with Crippen molar-refractivity contribution in [3.63, 3.8) is 0 Å². The Morgan fingerprint density at radius 1 is 1.19 bits per heavy atom. The molecule has 0 aliphatic carbocycles. The van der Waals surface area contributed by atoms with Gasteiger partial charge >= 0.3 is 0 Å². The molecule has 0 saturated carbocycles. The lowest BCUT2D eigenvalue weighted by molar-refractivity contribution is -0.384. The number of nitro groups is 1. The molecule has 2 unspecified atom stereocenters. The number of hydrogen-bond acceptors (Lipinski definition) is 6. The van der Waals surface area contributed by atoms with Crippen LogP contribution in [0.4, 0.5) is 5.69 Å². The van der Waals surface area contributed by atoms with Crippen LogP contribution in [0.2, 0.25) is 5.02 Å². The second-order valence-electron chi connectivity index (χ2n) is 7.58. The number of fused-ring (bicyclic) bond motifs is 3. The maximum atomic E-state index is 11.4. The molecule has 3 aromatic carbocycles. The van der Waals surface area contributed by atoms with Crippen LogP contribution < -0.4 is 9.47 Å². The molecule has 3 aromatic rings. The minimum Gasteiger partial charge on any atom is -0.494 e. The van der Waals surface area contributed by atoms with Crippen LogP contribution in [0.1, 0.15) is 42.3 Å². The van der Waals surface area contributed by atoms with Crippen LogP contribution in [0, 0.1) is 10.1 Å². The summed E-state index contributed by atoms with van der Waals surface area (Å²) in [5, 5.41) is 18.3. The number of ether oxygens (including phenoxy) is 2. The summed E-state index contributed by atoms with van der Waals surface area (Å²) in [5.41, 5.74) is 3.43. The minimum absolute atomic E-state index is 0.0405. The fourth-order valence-electron chi connectivity index (χ4n) is 4.16. The molecule has 0 saturated heterocycles. The first-order chi connectivity index (χ1) is 15.5. The lowest BCUT2D eigenvalue weighted by atomic mass is 9.96. The van der Waals surface area contributed by atoms with E-state index in [-0.39, 0.29) is 16.8 Å². The monoisotopic (exact) mass is 449 g/mol. The van der Waals surface area contributed by atoms with Gasteiger partial charge in [-0.1, -0.05) is 35.9 Å². The van der Waals surface area contributed by atoms with Gasteiger partial charge in [-0.2, -0.15) is 5.10 Å². The van der Waals surface area contributed by atoms with Crippen molar-refractivity contribution >= 4 is 23.0 Å². The first-order valence-corrected chi connectivity index (χ1v) is 10.7. The lowest BCUT2D eigenvalue weighted by Crippen LogP contribution is -2.33. The van der Waals surface area contributed by atoms with Gasteiger partial charge < -0.3 is 9.47 Å². The normalized spacial score (nSPS) is 18.9. The molecule has 2 atom stereocenters. The Labute approximate surface area is 190 Å². The van der Waals surface area contributed by atoms with Crippen LogP contribution in [0.25, 0.3) is 0 Å². The predicted molar refractivity (Wildman–Crippen MR) is 121 cm³/mol. The molecule has 0 amide bonds. The Hall–Kier alpha value is -3.58. The number of nitro benzene ring substituents is 1. The van der Waals surface area contributed by atoms with Crippen molar-refractivity contribution in [3.8, 4) is 11.5 Å². The van der Waals surface area contributed by atoms with Crippen LogP contribution in [0.3, 0.4) is 0 Å². The molecular weight excluding hydrogens is 430 g/mol. The highest BCUT2D eigenvalue weighted by molar-refractivity contribution is 6.32. The molecule has 162 valence electrons. The summed E-state index contributed by atoms with van der Waals surface area (Å²) in [5.74, 6) is 1.56. The van der Waals surface area contributed by atoms with Crippen LogP contribution in [0.5, 0.6) is 11.5 Å². The van der Waals surface area contributed by atoms with E-state index in [4.69, 9.17) is 26.2 Å².